The van der Waals surface area contributed by atoms with Crippen LogP contribution in [0.25, 0.3) is 0 Å². The molecule has 0 aromatic heterocycles. The quantitative estimate of drug-likeness (QED) is 0.0106. The summed E-state index contributed by atoms with van der Waals surface area (Å²) in [6, 6.07) is 0. The van der Waals surface area contributed by atoms with Crippen molar-refractivity contribution in [2.75, 3.05) is 26.4 Å². The summed E-state index contributed by atoms with van der Waals surface area (Å²) in [5, 5.41) is 40.1. The third kappa shape index (κ3) is 38.6. The lowest BCUT2D eigenvalue weighted by Gasteiger charge is -2.20. The van der Waals surface area contributed by atoms with Crippen molar-refractivity contribution in [1.82, 2.24) is 0 Å². The highest BCUT2D eigenvalue weighted by atomic mass is 31.2. The van der Waals surface area contributed by atoms with E-state index in [1.807, 2.05) is 19.1 Å². The van der Waals surface area contributed by atoms with Crippen LogP contribution in [0.15, 0.2) is 60.8 Å². The van der Waals surface area contributed by atoms with Crippen LogP contribution in [0, 0.1) is 5.92 Å². The first-order valence-corrected chi connectivity index (χ1v) is 24.2. The van der Waals surface area contributed by atoms with Gasteiger partial charge in [0.2, 0.25) is 0 Å². The Morgan fingerprint density at radius 1 is 0.600 bits per heavy atom. The maximum Gasteiger partial charge on any atom is 0.472 e. The van der Waals surface area contributed by atoms with Crippen molar-refractivity contribution in [3.63, 3.8) is 0 Å². The minimum Gasteiger partial charge on any atom is -0.462 e. The molecule has 0 saturated heterocycles. The fraction of sp³-hybridized carbons (Fsp3) is 0.714. The van der Waals surface area contributed by atoms with Crippen LogP contribution in [-0.4, -0.2) is 104 Å². The van der Waals surface area contributed by atoms with Crippen molar-refractivity contribution in [3.8, 4) is 0 Å². The van der Waals surface area contributed by atoms with E-state index in [1.165, 1.54) is 44.6 Å². The molecule has 348 valence electrons. The molecule has 0 fully saturated rings. The number of hydrogen-bond donors (Lipinski definition) is 7. The normalized spacial score (nSPS) is 16.3. The van der Waals surface area contributed by atoms with E-state index >= 15 is 0 Å². The molecule has 0 bridgehead atoms. The monoisotopic (exact) mass is 896 g/mol. The Balaban J connectivity index is 4.86. The average molecular weight is 897 g/mol. The molecule has 0 saturated carbocycles. The molecule has 6 atom stereocenters. The zero-order chi connectivity index (χ0) is 45.1. The Morgan fingerprint density at radius 3 is 1.73 bits per heavy atom. The highest BCUT2D eigenvalue weighted by molar-refractivity contribution is 7.47. The van der Waals surface area contributed by atoms with E-state index < -0.39 is 84.5 Å². The first-order valence-electron chi connectivity index (χ1n) is 21.2. The number of esters is 2. The van der Waals surface area contributed by atoms with Gasteiger partial charge in [0, 0.05) is 12.8 Å². The van der Waals surface area contributed by atoms with E-state index in [9.17, 15) is 44.0 Å². The van der Waals surface area contributed by atoms with Gasteiger partial charge in [0.05, 0.1) is 38.1 Å². The largest absolute Gasteiger partial charge is 0.472 e. The molecule has 0 radical (unpaired) electrons. The molecule has 7 N–H and O–H groups in total. The molecule has 0 amide bonds. The molecule has 0 aliphatic rings. The summed E-state index contributed by atoms with van der Waals surface area (Å²) in [5.74, 6) is -0.623. The minimum atomic E-state index is -4.90. The molecule has 0 spiro atoms. The number of ether oxygens (including phenoxy) is 2. The Labute approximate surface area is 357 Å². The van der Waals surface area contributed by atoms with Gasteiger partial charge in [-0.2, -0.15) is 0 Å². The number of phosphoric acid groups is 2. The van der Waals surface area contributed by atoms with E-state index in [0.717, 1.165) is 38.0 Å². The summed E-state index contributed by atoms with van der Waals surface area (Å²) < 4.78 is 47.5. The van der Waals surface area contributed by atoms with E-state index in [-0.39, 0.29) is 25.7 Å². The SMILES string of the molecule is CC/C=C\C[C@@H](O)/C=C/C=C/C=C\C=C/[C@H](O)[C@@H](O)CCCC(=O)OC[C@H](COP(=O)(O)OC[C@@H](O)COP(=O)(O)O)OC(=O)CCCCCCCCCCCCC(C)C. The number of hydrogen-bond acceptors (Lipinski definition) is 13. The lowest BCUT2D eigenvalue weighted by Crippen LogP contribution is -2.30. The molecular weight excluding hydrogens is 822 g/mol. The van der Waals surface area contributed by atoms with Crippen LogP contribution in [0.5, 0.6) is 0 Å². The fourth-order valence-electron chi connectivity index (χ4n) is 5.34. The second kappa shape index (κ2) is 36.2. The average Bonchev–Trinajstić information content (AvgIpc) is 3.18. The predicted molar refractivity (Wildman–Crippen MR) is 229 cm³/mol. The lowest BCUT2D eigenvalue weighted by atomic mass is 10.0. The summed E-state index contributed by atoms with van der Waals surface area (Å²) in [6.07, 6.45) is 24.7. The van der Waals surface area contributed by atoms with Gasteiger partial charge >= 0.3 is 27.6 Å². The number of phosphoric ester groups is 2. The predicted octanol–water partition coefficient (Wildman–Crippen LogP) is 7.22. The summed E-state index contributed by atoms with van der Waals surface area (Å²) >= 11 is 0. The van der Waals surface area contributed by atoms with Crippen molar-refractivity contribution < 1.29 is 76.9 Å². The van der Waals surface area contributed by atoms with Crippen molar-refractivity contribution in [2.45, 2.75) is 160 Å². The number of aliphatic hydroxyl groups excluding tert-OH is 4. The van der Waals surface area contributed by atoms with Crippen LogP contribution in [0.1, 0.15) is 130 Å². The maximum absolute atomic E-state index is 12.6. The van der Waals surface area contributed by atoms with Gasteiger partial charge in [-0.05, 0) is 38.0 Å². The molecular formula is C42H74O16P2. The van der Waals surface area contributed by atoms with Crippen LogP contribution >= 0.6 is 15.6 Å². The van der Waals surface area contributed by atoms with Gasteiger partial charge in [-0.15, -0.1) is 0 Å². The smallest absolute Gasteiger partial charge is 0.462 e. The standard InChI is InChI=1S/C42H74O16P2/c1-4-5-18-25-36(43)26-20-15-12-13-16-21-27-39(45)40(46)28-23-30-41(47)54-33-38(34-57-60(52,53)56-32-37(44)31-55-59(49,50)51)58-42(48)29-22-17-11-9-7-6-8-10-14-19-24-35(2)3/h5,12-13,15-16,18,20-21,26-27,35-40,43-46H,4,6-11,14,17,19,22-25,28-34H2,1-3H3,(H,52,53)(H2,49,50,51)/b15-12+,16-13-,18-5-,26-20+,27-21-/t36-,37+,38-,39+,40+/m1/s1. The minimum absolute atomic E-state index is 0.0558. The van der Waals surface area contributed by atoms with Gasteiger partial charge in [-0.1, -0.05) is 146 Å². The van der Waals surface area contributed by atoms with E-state index in [0.29, 0.717) is 12.8 Å². The number of allylic oxidation sites excluding steroid dienone is 7. The second-order valence-electron chi connectivity index (χ2n) is 14.9. The number of unbranched alkanes of at least 4 members (excludes halogenated alkanes) is 9. The molecule has 18 heteroatoms. The zero-order valence-electron chi connectivity index (χ0n) is 35.8. The molecule has 0 aliphatic carbocycles. The van der Waals surface area contributed by atoms with Crippen LogP contribution in [0.4, 0.5) is 0 Å². The summed E-state index contributed by atoms with van der Waals surface area (Å²) in [7, 11) is -9.79. The van der Waals surface area contributed by atoms with Gasteiger partial charge in [0.25, 0.3) is 0 Å². The maximum atomic E-state index is 12.6. The van der Waals surface area contributed by atoms with Crippen LogP contribution in [0.2, 0.25) is 0 Å². The van der Waals surface area contributed by atoms with Crippen LogP contribution in [-0.2, 0) is 41.8 Å². The molecule has 16 nitrogen and oxygen atoms in total. The molecule has 0 aromatic carbocycles. The Kier molecular flexibility index (Phi) is 34.8. The molecule has 0 heterocycles. The van der Waals surface area contributed by atoms with Crippen LogP contribution in [0.3, 0.4) is 0 Å². The summed E-state index contributed by atoms with van der Waals surface area (Å²) in [5.41, 5.74) is 0. The number of carbonyl (C=O) groups excluding carboxylic acids is 2. The van der Waals surface area contributed by atoms with Gasteiger partial charge in [0.1, 0.15) is 12.7 Å². The number of carbonyl (C=O) groups is 2. The van der Waals surface area contributed by atoms with Crippen molar-refractivity contribution in [3.05, 3.63) is 60.8 Å². The Hall–Kier alpha value is -2.30. The Bertz CT molecular complexity index is 1360. The highest BCUT2D eigenvalue weighted by Crippen LogP contribution is 2.43. The van der Waals surface area contributed by atoms with Gasteiger partial charge in [-0.25, -0.2) is 9.13 Å². The van der Waals surface area contributed by atoms with Gasteiger partial charge in [0.15, 0.2) is 6.10 Å². The number of rotatable bonds is 38. The molecule has 0 aliphatic heterocycles. The number of aliphatic hydroxyl groups is 4. The van der Waals surface area contributed by atoms with Gasteiger partial charge < -0.3 is 44.6 Å². The second-order valence-corrected chi connectivity index (χ2v) is 17.6. The third-order valence-corrected chi connectivity index (χ3v) is 10.1. The molecule has 0 aromatic rings. The van der Waals surface area contributed by atoms with Crippen LogP contribution < -0.4 is 0 Å². The first-order chi connectivity index (χ1) is 28.4. The van der Waals surface area contributed by atoms with Crippen molar-refractivity contribution in [1.29, 1.82) is 0 Å². The molecule has 1 unspecified atom stereocenters. The molecule has 0 rings (SSSR count). The first kappa shape index (κ1) is 57.7. The van der Waals surface area contributed by atoms with Crippen molar-refractivity contribution in [2.24, 2.45) is 5.92 Å². The summed E-state index contributed by atoms with van der Waals surface area (Å²) in [6.45, 7) is 3.43. The third-order valence-electron chi connectivity index (χ3n) is 8.68. The van der Waals surface area contributed by atoms with E-state index in [4.69, 9.17) is 23.8 Å². The highest BCUT2D eigenvalue weighted by Gasteiger charge is 2.28. The van der Waals surface area contributed by atoms with Crippen molar-refractivity contribution >= 4 is 27.6 Å². The van der Waals surface area contributed by atoms with E-state index in [1.54, 1.807) is 42.5 Å². The zero-order valence-corrected chi connectivity index (χ0v) is 37.6. The summed E-state index contributed by atoms with van der Waals surface area (Å²) in [4.78, 5) is 52.7. The lowest BCUT2D eigenvalue weighted by molar-refractivity contribution is -0.161. The van der Waals surface area contributed by atoms with E-state index in [2.05, 4.69) is 22.9 Å². The van der Waals surface area contributed by atoms with Gasteiger partial charge in [-0.3, -0.25) is 23.2 Å². The fourth-order valence-corrected chi connectivity index (χ4v) is 6.50. The topological polar surface area (TPSA) is 256 Å². The molecule has 60 heavy (non-hydrogen) atoms. The Morgan fingerprint density at radius 2 is 1.13 bits per heavy atom.